The van der Waals surface area contributed by atoms with E-state index in [1.54, 1.807) is 19.3 Å². The number of hydrogen-bond acceptors (Lipinski definition) is 5. The zero-order valence-corrected chi connectivity index (χ0v) is 21.5. The highest BCUT2D eigenvalue weighted by Gasteiger charge is 2.33. The predicted molar refractivity (Wildman–Crippen MR) is 134 cm³/mol. The SMILES string of the molecule is CCS(=O)(=O)c1cc(-c2ccc(S(C)(C)C)cc2)cnc1-c1nc2cc(C(F)(F)F)ncc2n1C. The van der Waals surface area contributed by atoms with E-state index in [-0.39, 0.29) is 27.7 Å². The Kier molecular flexibility index (Phi) is 6.21. The summed E-state index contributed by atoms with van der Waals surface area (Å²) in [6, 6.07) is 10.3. The molecule has 3 heterocycles. The molecule has 6 nitrogen and oxygen atoms in total. The maximum atomic E-state index is 13.1. The minimum atomic E-state index is -4.62. The first-order valence-electron chi connectivity index (χ1n) is 10.6. The summed E-state index contributed by atoms with van der Waals surface area (Å²) in [5, 5.41) is 0. The summed E-state index contributed by atoms with van der Waals surface area (Å²) in [5.74, 6) is -0.0207. The van der Waals surface area contributed by atoms with E-state index in [9.17, 15) is 21.6 Å². The van der Waals surface area contributed by atoms with Crippen molar-refractivity contribution >= 4 is 30.9 Å². The lowest BCUT2D eigenvalue weighted by molar-refractivity contribution is -0.141. The molecular weight excluding hydrogens is 497 g/mol. The second-order valence-electron chi connectivity index (χ2n) is 8.89. The summed E-state index contributed by atoms with van der Waals surface area (Å²) < 4.78 is 66.9. The molecule has 0 atom stereocenters. The quantitative estimate of drug-likeness (QED) is 0.343. The van der Waals surface area contributed by atoms with Crippen LogP contribution in [0.15, 0.2) is 58.6 Å². The number of rotatable bonds is 5. The van der Waals surface area contributed by atoms with Crippen LogP contribution in [0.25, 0.3) is 33.7 Å². The van der Waals surface area contributed by atoms with Gasteiger partial charge in [-0.2, -0.15) is 13.2 Å². The predicted octanol–water partition coefficient (Wildman–Crippen LogP) is 5.56. The average molecular weight is 523 g/mol. The Balaban J connectivity index is 1.88. The molecule has 0 N–H and O–H groups in total. The number of alkyl halides is 3. The first-order valence-corrected chi connectivity index (χ1v) is 15.1. The third-order valence-electron chi connectivity index (χ3n) is 5.73. The minimum absolute atomic E-state index is 0.0227. The molecule has 0 saturated heterocycles. The van der Waals surface area contributed by atoms with Gasteiger partial charge in [-0.1, -0.05) is 19.1 Å². The molecule has 0 fully saturated rings. The van der Waals surface area contributed by atoms with Gasteiger partial charge in [-0.25, -0.2) is 28.4 Å². The van der Waals surface area contributed by atoms with Crippen LogP contribution in [0, 0.1) is 0 Å². The second kappa shape index (κ2) is 8.63. The Morgan fingerprint density at radius 2 is 1.60 bits per heavy atom. The molecule has 0 radical (unpaired) electrons. The van der Waals surface area contributed by atoms with E-state index in [0.29, 0.717) is 11.1 Å². The van der Waals surface area contributed by atoms with Gasteiger partial charge in [0.15, 0.2) is 15.7 Å². The number of imidazole rings is 1. The standard InChI is InChI=1S/C24H25F3N4O2S2/c1-6-35(32,33)20-11-16(15-7-9-17(10-8-15)34(3,4)5)13-29-22(20)23-30-18-12-21(24(25,26)27)28-14-19(18)31(23)2/h7-14H,6H2,1-5H3. The van der Waals surface area contributed by atoms with Gasteiger partial charge in [0.1, 0.15) is 11.4 Å². The molecule has 11 heteroatoms. The molecule has 0 unspecified atom stereocenters. The van der Waals surface area contributed by atoms with Crippen LogP contribution in [0.4, 0.5) is 13.2 Å². The summed E-state index contributed by atoms with van der Waals surface area (Å²) in [4.78, 5) is 13.4. The Hall–Kier alpha value is -2.92. The summed E-state index contributed by atoms with van der Waals surface area (Å²) in [6.07, 6.45) is 4.58. The number of sulfone groups is 1. The van der Waals surface area contributed by atoms with Gasteiger partial charge in [0.05, 0.1) is 27.9 Å². The van der Waals surface area contributed by atoms with Gasteiger partial charge < -0.3 is 4.57 Å². The highest BCUT2D eigenvalue weighted by molar-refractivity contribution is 8.32. The third-order valence-corrected chi connectivity index (χ3v) is 9.16. The molecule has 4 aromatic rings. The van der Waals surface area contributed by atoms with Crippen LogP contribution in [-0.4, -0.2) is 52.5 Å². The number of halogens is 3. The van der Waals surface area contributed by atoms with Crippen LogP contribution < -0.4 is 0 Å². The molecule has 35 heavy (non-hydrogen) atoms. The van der Waals surface area contributed by atoms with Crippen molar-refractivity contribution in [2.24, 2.45) is 7.05 Å². The van der Waals surface area contributed by atoms with Crippen molar-refractivity contribution in [2.45, 2.75) is 22.9 Å². The number of hydrogen-bond donors (Lipinski definition) is 0. The van der Waals surface area contributed by atoms with Crippen molar-refractivity contribution in [1.29, 1.82) is 0 Å². The topological polar surface area (TPSA) is 77.7 Å². The summed E-state index contributed by atoms with van der Waals surface area (Å²) in [6.45, 7) is 1.53. The van der Waals surface area contributed by atoms with E-state index in [1.165, 1.54) is 16.4 Å². The third kappa shape index (κ3) is 4.79. The molecule has 3 aromatic heterocycles. The number of nitrogens with zero attached hydrogens (tertiary/aromatic N) is 4. The molecule has 1 aromatic carbocycles. The number of aryl methyl sites for hydroxylation is 1. The summed E-state index contributed by atoms with van der Waals surface area (Å²) in [7, 11) is -3.05. The number of fused-ring (bicyclic) bond motifs is 1. The van der Waals surface area contributed by atoms with Crippen LogP contribution in [0.2, 0.25) is 0 Å². The molecule has 0 spiro atoms. The van der Waals surface area contributed by atoms with E-state index in [0.717, 1.165) is 17.8 Å². The number of pyridine rings is 2. The maximum absolute atomic E-state index is 13.1. The average Bonchev–Trinajstić information content (AvgIpc) is 3.13. The highest BCUT2D eigenvalue weighted by Crippen LogP contribution is 2.45. The van der Waals surface area contributed by atoms with Crippen molar-refractivity contribution in [2.75, 3.05) is 24.5 Å². The monoisotopic (exact) mass is 522 g/mol. The lowest BCUT2D eigenvalue weighted by Crippen LogP contribution is -2.09. The first-order chi connectivity index (χ1) is 16.2. The van der Waals surface area contributed by atoms with Gasteiger partial charge in [0, 0.05) is 18.8 Å². The molecular formula is C24H25F3N4O2S2. The van der Waals surface area contributed by atoms with Gasteiger partial charge >= 0.3 is 6.18 Å². The number of benzene rings is 1. The fourth-order valence-electron chi connectivity index (χ4n) is 3.67. The molecule has 0 aliphatic carbocycles. The lowest BCUT2D eigenvalue weighted by atomic mass is 10.1. The molecule has 4 rings (SSSR count). The fourth-order valence-corrected chi connectivity index (χ4v) is 5.68. The highest BCUT2D eigenvalue weighted by atomic mass is 32.3. The van der Waals surface area contributed by atoms with Crippen molar-refractivity contribution in [3.05, 3.63) is 54.5 Å². The van der Waals surface area contributed by atoms with E-state index < -0.39 is 31.7 Å². The summed E-state index contributed by atoms with van der Waals surface area (Å²) in [5.41, 5.74) is 0.831. The van der Waals surface area contributed by atoms with Crippen molar-refractivity contribution in [3.8, 4) is 22.6 Å². The molecule has 0 aliphatic rings. The smallest absolute Gasteiger partial charge is 0.324 e. The van der Waals surface area contributed by atoms with Crippen molar-refractivity contribution < 1.29 is 21.6 Å². The van der Waals surface area contributed by atoms with Crippen LogP contribution in [0.3, 0.4) is 0 Å². The largest absolute Gasteiger partial charge is 0.433 e. The summed E-state index contributed by atoms with van der Waals surface area (Å²) >= 11 is 0. The minimum Gasteiger partial charge on any atom is -0.324 e. The Morgan fingerprint density at radius 1 is 0.943 bits per heavy atom. The molecule has 186 valence electrons. The molecule has 0 saturated carbocycles. The van der Waals surface area contributed by atoms with Crippen molar-refractivity contribution in [1.82, 2.24) is 19.5 Å². The van der Waals surface area contributed by atoms with Gasteiger partial charge in [-0.3, -0.25) is 4.98 Å². The van der Waals surface area contributed by atoms with Gasteiger partial charge in [0.2, 0.25) is 0 Å². The van der Waals surface area contributed by atoms with Crippen LogP contribution in [0.1, 0.15) is 12.6 Å². The zero-order chi connectivity index (χ0) is 25.8. The van der Waals surface area contributed by atoms with Crippen LogP contribution in [-0.2, 0) is 23.1 Å². The Labute approximate surface area is 203 Å². The van der Waals surface area contributed by atoms with E-state index in [1.807, 2.05) is 24.3 Å². The fraction of sp³-hybridized carbons (Fsp3) is 0.292. The molecule has 0 aliphatic heterocycles. The Morgan fingerprint density at radius 3 is 2.17 bits per heavy atom. The van der Waals surface area contributed by atoms with Crippen LogP contribution >= 0.6 is 10.0 Å². The normalized spacial score (nSPS) is 13.4. The van der Waals surface area contributed by atoms with E-state index in [2.05, 4.69) is 33.7 Å². The van der Waals surface area contributed by atoms with Crippen LogP contribution in [0.5, 0.6) is 0 Å². The Bertz CT molecular complexity index is 1520. The van der Waals surface area contributed by atoms with Gasteiger partial charge in [-0.05, 0) is 53.5 Å². The van der Waals surface area contributed by atoms with E-state index in [4.69, 9.17) is 0 Å². The van der Waals surface area contributed by atoms with E-state index >= 15 is 0 Å². The first kappa shape index (κ1) is 25.2. The lowest BCUT2D eigenvalue weighted by Gasteiger charge is -2.25. The maximum Gasteiger partial charge on any atom is 0.433 e. The van der Waals surface area contributed by atoms with Gasteiger partial charge in [0.25, 0.3) is 0 Å². The molecule has 0 bridgehead atoms. The van der Waals surface area contributed by atoms with Gasteiger partial charge in [-0.15, -0.1) is 0 Å². The second-order valence-corrected chi connectivity index (χ2v) is 15.3. The van der Waals surface area contributed by atoms with Crippen molar-refractivity contribution in [3.63, 3.8) is 0 Å². The zero-order valence-electron chi connectivity index (χ0n) is 19.9. The number of aromatic nitrogens is 4. The molecule has 0 amide bonds.